The Morgan fingerprint density at radius 1 is 1.16 bits per heavy atom. The third kappa shape index (κ3) is 5.09. The lowest BCUT2D eigenvalue weighted by atomic mass is 9.76. The van der Waals surface area contributed by atoms with Gasteiger partial charge in [0, 0.05) is 23.6 Å². The Labute approximate surface area is 182 Å². The maximum absolute atomic E-state index is 13.4. The van der Waals surface area contributed by atoms with Crippen LogP contribution in [-0.4, -0.2) is 49.1 Å². The standard InChI is InChI=1S/C21H24ClF3N2O4/c22-15-2-1-13(5-16(15)23)30-9-18(28)26-17-8-21(6-12(17)7-21)27-19(29)10-31-14-3-11(4-14)20(24)25/h1-2,5,11-12,14,17,20H,3-4,6-10H2,(H,26,28)(H,27,29)/t11-,12?,14-,17?,21?. The molecule has 1 atom stereocenters. The first-order valence-corrected chi connectivity index (χ1v) is 10.7. The monoisotopic (exact) mass is 460 g/mol. The topological polar surface area (TPSA) is 76.7 Å². The minimum absolute atomic E-state index is 0.0229. The molecule has 0 aromatic heterocycles. The molecular weight excluding hydrogens is 437 g/mol. The van der Waals surface area contributed by atoms with Crippen LogP contribution < -0.4 is 15.4 Å². The van der Waals surface area contributed by atoms with Crippen molar-refractivity contribution in [2.75, 3.05) is 13.2 Å². The predicted octanol–water partition coefficient (Wildman–Crippen LogP) is 3.07. The summed E-state index contributed by atoms with van der Waals surface area (Å²) in [6.45, 7) is -0.395. The molecule has 2 N–H and O–H groups in total. The van der Waals surface area contributed by atoms with Gasteiger partial charge in [0.05, 0.1) is 11.1 Å². The van der Waals surface area contributed by atoms with Gasteiger partial charge in [-0.15, -0.1) is 0 Å². The van der Waals surface area contributed by atoms with Crippen molar-refractivity contribution in [3.63, 3.8) is 0 Å². The van der Waals surface area contributed by atoms with Gasteiger partial charge in [0.2, 0.25) is 12.3 Å². The second kappa shape index (κ2) is 8.86. The van der Waals surface area contributed by atoms with Crippen LogP contribution in [0.2, 0.25) is 5.02 Å². The van der Waals surface area contributed by atoms with Crippen molar-refractivity contribution < 1.29 is 32.2 Å². The maximum Gasteiger partial charge on any atom is 0.258 e. The fourth-order valence-corrected chi connectivity index (χ4v) is 4.86. The van der Waals surface area contributed by atoms with E-state index in [9.17, 15) is 22.8 Å². The molecule has 0 spiro atoms. The van der Waals surface area contributed by atoms with Crippen LogP contribution in [0, 0.1) is 17.7 Å². The number of halogens is 4. The first-order valence-electron chi connectivity index (χ1n) is 10.3. The lowest BCUT2D eigenvalue weighted by Gasteiger charge is -2.39. The van der Waals surface area contributed by atoms with Crippen LogP contribution in [0.25, 0.3) is 0 Å². The highest BCUT2D eigenvalue weighted by molar-refractivity contribution is 6.30. The summed E-state index contributed by atoms with van der Waals surface area (Å²) in [7, 11) is 0. The van der Waals surface area contributed by atoms with Crippen molar-refractivity contribution >= 4 is 23.4 Å². The average molecular weight is 461 g/mol. The van der Waals surface area contributed by atoms with Crippen LogP contribution in [0.15, 0.2) is 18.2 Å². The van der Waals surface area contributed by atoms with Crippen LogP contribution >= 0.6 is 11.6 Å². The SMILES string of the molecule is O=C(COc1ccc(Cl)c(F)c1)NC1CC2(NC(=O)CO[C@H]3C[C@H](C(F)F)C3)CC1C2. The van der Waals surface area contributed by atoms with E-state index in [1.165, 1.54) is 12.1 Å². The molecule has 1 aromatic rings. The molecule has 6 nitrogen and oxygen atoms in total. The van der Waals surface area contributed by atoms with Gasteiger partial charge < -0.3 is 20.1 Å². The zero-order chi connectivity index (χ0) is 22.2. The summed E-state index contributed by atoms with van der Waals surface area (Å²) < 4.78 is 49.1. The molecule has 31 heavy (non-hydrogen) atoms. The Balaban J connectivity index is 1.15. The Morgan fingerprint density at radius 2 is 1.90 bits per heavy atom. The predicted molar refractivity (Wildman–Crippen MR) is 106 cm³/mol. The molecule has 1 aromatic carbocycles. The molecule has 170 valence electrons. The summed E-state index contributed by atoms with van der Waals surface area (Å²) in [4.78, 5) is 24.4. The van der Waals surface area contributed by atoms with Gasteiger partial charge in [-0.05, 0) is 50.2 Å². The molecule has 4 aliphatic carbocycles. The number of benzene rings is 1. The van der Waals surface area contributed by atoms with Gasteiger partial charge in [-0.2, -0.15) is 0 Å². The molecule has 4 saturated carbocycles. The van der Waals surface area contributed by atoms with E-state index >= 15 is 0 Å². The van der Waals surface area contributed by atoms with E-state index in [4.69, 9.17) is 21.1 Å². The Morgan fingerprint density at radius 3 is 2.58 bits per heavy atom. The lowest BCUT2D eigenvalue weighted by Crippen LogP contribution is -2.53. The number of nitrogens with one attached hydrogen (secondary N) is 2. The van der Waals surface area contributed by atoms with Crippen LogP contribution in [0.4, 0.5) is 13.2 Å². The fourth-order valence-electron chi connectivity index (χ4n) is 4.74. The Bertz CT molecular complexity index is 844. The summed E-state index contributed by atoms with van der Waals surface area (Å²) >= 11 is 5.61. The second-order valence-corrected chi connectivity index (χ2v) is 9.15. The first-order chi connectivity index (χ1) is 14.7. The van der Waals surface area contributed by atoms with Crippen molar-refractivity contribution in [1.29, 1.82) is 0 Å². The van der Waals surface area contributed by atoms with Crippen molar-refractivity contribution in [3.05, 3.63) is 29.0 Å². The van der Waals surface area contributed by atoms with E-state index in [0.717, 1.165) is 18.9 Å². The summed E-state index contributed by atoms with van der Waals surface area (Å²) in [5, 5.41) is 5.87. The number of hydrogen-bond acceptors (Lipinski definition) is 4. The van der Waals surface area contributed by atoms with E-state index in [1.807, 2.05) is 0 Å². The molecule has 0 saturated heterocycles. The highest BCUT2D eigenvalue weighted by Gasteiger charge is 2.57. The number of amides is 2. The van der Waals surface area contributed by atoms with E-state index in [1.54, 1.807) is 0 Å². The van der Waals surface area contributed by atoms with Gasteiger partial charge in [0.25, 0.3) is 5.91 Å². The van der Waals surface area contributed by atoms with E-state index in [2.05, 4.69) is 10.6 Å². The molecule has 0 radical (unpaired) electrons. The lowest BCUT2D eigenvalue weighted by molar-refractivity contribution is -0.136. The van der Waals surface area contributed by atoms with Crippen LogP contribution in [0.5, 0.6) is 5.75 Å². The Kier molecular flexibility index (Phi) is 6.35. The van der Waals surface area contributed by atoms with Gasteiger partial charge in [0.1, 0.15) is 18.2 Å². The summed E-state index contributed by atoms with van der Waals surface area (Å²) in [6.07, 6.45) is 0.118. The summed E-state index contributed by atoms with van der Waals surface area (Å²) in [5.74, 6) is -1.35. The summed E-state index contributed by atoms with van der Waals surface area (Å²) in [5.41, 5.74) is -0.353. The van der Waals surface area contributed by atoms with E-state index in [-0.39, 0.29) is 72.2 Å². The molecule has 2 bridgehead atoms. The van der Waals surface area contributed by atoms with Gasteiger partial charge in [-0.1, -0.05) is 11.6 Å². The third-order valence-electron chi connectivity index (χ3n) is 6.44. The first kappa shape index (κ1) is 22.2. The molecule has 10 heteroatoms. The molecular formula is C21H24ClF3N2O4. The molecule has 5 rings (SSSR count). The van der Waals surface area contributed by atoms with Crippen molar-refractivity contribution in [3.8, 4) is 5.75 Å². The minimum Gasteiger partial charge on any atom is -0.484 e. The number of ether oxygens (including phenoxy) is 2. The van der Waals surface area contributed by atoms with Crippen molar-refractivity contribution in [1.82, 2.24) is 10.6 Å². The zero-order valence-electron chi connectivity index (χ0n) is 16.7. The molecule has 1 unspecified atom stereocenters. The zero-order valence-corrected chi connectivity index (χ0v) is 17.5. The minimum atomic E-state index is -2.33. The molecule has 0 aliphatic heterocycles. The van der Waals surface area contributed by atoms with Gasteiger partial charge >= 0.3 is 0 Å². The molecule has 4 aliphatic rings. The number of carbonyl (C=O) groups is 2. The summed E-state index contributed by atoms with van der Waals surface area (Å²) in [6, 6.07) is 3.88. The van der Waals surface area contributed by atoms with E-state index in [0.29, 0.717) is 6.42 Å². The van der Waals surface area contributed by atoms with Crippen LogP contribution in [0.1, 0.15) is 32.1 Å². The van der Waals surface area contributed by atoms with Gasteiger partial charge in [-0.3, -0.25) is 9.59 Å². The number of hydrogen-bond donors (Lipinski definition) is 2. The Hall–Kier alpha value is -2.00. The van der Waals surface area contributed by atoms with Gasteiger partial charge in [-0.25, -0.2) is 13.2 Å². The quantitative estimate of drug-likeness (QED) is 0.594. The largest absolute Gasteiger partial charge is 0.484 e. The maximum atomic E-state index is 13.4. The third-order valence-corrected chi connectivity index (χ3v) is 6.74. The highest BCUT2D eigenvalue weighted by atomic mass is 35.5. The number of carbonyl (C=O) groups excluding carboxylic acids is 2. The molecule has 2 amide bonds. The van der Waals surface area contributed by atoms with Crippen LogP contribution in [0.3, 0.4) is 0 Å². The molecule has 0 heterocycles. The van der Waals surface area contributed by atoms with Crippen molar-refractivity contribution in [2.45, 2.75) is 56.2 Å². The number of fused-ring (bicyclic) bond motifs is 1. The fraction of sp³-hybridized carbons (Fsp3) is 0.619. The average Bonchev–Trinajstić information content (AvgIpc) is 3.14. The smallest absolute Gasteiger partial charge is 0.258 e. The van der Waals surface area contributed by atoms with Gasteiger partial charge in [0.15, 0.2) is 6.61 Å². The highest BCUT2D eigenvalue weighted by Crippen LogP contribution is 2.52. The van der Waals surface area contributed by atoms with E-state index < -0.39 is 18.2 Å². The molecule has 4 fully saturated rings. The number of alkyl halides is 2. The number of rotatable bonds is 9. The van der Waals surface area contributed by atoms with Crippen molar-refractivity contribution in [2.24, 2.45) is 11.8 Å². The second-order valence-electron chi connectivity index (χ2n) is 8.74. The normalized spacial score (nSPS) is 31.0. The van der Waals surface area contributed by atoms with Crippen LogP contribution in [-0.2, 0) is 14.3 Å².